The molecule has 0 aliphatic heterocycles. The second kappa shape index (κ2) is 10.0. The topological polar surface area (TPSA) is 84.1 Å². The first kappa shape index (κ1) is 23.6. The molecule has 1 N–H and O–H groups in total. The SMILES string of the molecule is CCOC(=O)c1ccc(-n2c(C)cc(/C=C(/C#N)C(=O)Nc3ccc(C)cc3C)c2C)cc1. The Bertz CT molecular complexity index is 1280. The van der Waals surface area contributed by atoms with Crippen LogP contribution in [-0.4, -0.2) is 23.1 Å². The highest BCUT2D eigenvalue weighted by molar-refractivity contribution is 6.10. The second-order valence-electron chi connectivity index (χ2n) is 7.87. The average Bonchev–Trinajstić information content (AvgIpc) is 3.06. The van der Waals surface area contributed by atoms with Crippen molar-refractivity contribution in [3.05, 3.63) is 87.7 Å². The van der Waals surface area contributed by atoms with Gasteiger partial charge in [-0.1, -0.05) is 17.7 Å². The van der Waals surface area contributed by atoms with Crippen molar-refractivity contribution in [2.45, 2.75) is 34.6 Å². The fraction of sp³-hybridized carbons (Fsp3) is 0.222. The van der Waals surface area contributed by atoms with E-state index in [0.717, 1.165) is 33.8 Å². The summed E-state index contributed by atoms with van der Waals surface area (Å²) in [5.74, 6) is -0.810. The second-order valence-corrected chi connectivity index (χ2v) is 7.87. The summed E-state index contributed by atoms with van der Waals surface area (Å²) in [7, 11) is 0. The Morgan fingerprint density at radius 1 is 1.06 bits per heavy atom. The van der Waals surface area contributed by atoms with Gasteiger partial charge in [-0.05, 0) is 88.2 Å². The van der Waals surface area contributed by atoms with Gasteiger partial charge in [0.2, 0.25) is 0 Å². The van der Waals surface area contributed by atoms with Gasteiger partial charge < -0.3 is 14.6 Å². The van der Waals surface area contributed by atoms with Crippen LogP contribution in [0.15, 0.2) is 54.1 Å². The summed E-state index contributed by atoms with van der Waals surface area (Å²) in [6.45, 7) is 9.87. The number of hydrogen-bond acceptors (Lipinski definition) is 4. The standard InChI is InChI=1S/C27H27N3O3/c1-6-33-27(32)21-8-10-24(11-9-21)30-19(4)14-22(20(30)5)15-23(16-28)26(31)29-25-12-7-17(2)13-18(25)3/h7-15H,6H2,1-5H3,(H,29,31)/b23-15-. The Kier molecular flexibility index (Phi) is 7.14. The van der Waals surface area contributed by atoms with Crippen LogP contribution in [0.25, 0.3) is 11.8 Å². The van der Waals surface area contributed by atoms with Crippen molar-refractivity contribution >= 4 is 23.6 Å². The molecule has 33 heavy (non-hydrogen) atoms. The lowest BCUT2D eigenvalue weighted by atomic mass is 10.1. The molecule has 0 aliphatic rings. The lowest BCUT2D eigenvalue weighted by molar-refractivity contribution is -0.112. The molecule has 6 heteroatoms. The minimum atomic E-state index is -0.451. The molecule has 0 spiro atoms. The van der Waals surface area contributed by atoms with Gasteiger partial charge in [-0.25, -0.2) is 4.79 Å². The van der Waals surface area contributed by atoms with Gasteiger partial charge in [0.05, 0.1) is 12.2 Å². The molecule has 6 nitrogen and oxygen atoms in total. The van der Waals surface area contributed by atoms with E-state index in [1.165, 1.54) is 0 Å². The predicted molar refractivity (Wildman–Crippen MR) is 129 cm³/mol. The molecule has 0 unspecified atom stereocenters. The number of aryl methyl sites for hydroxylation is 3. The highest BCUT2D eigenvalue weighted by Gasteiger charge is 2.15. The van der Waals surface area contributed by atoms with Crippen molar-refractivity contribution in [2.24, 2.45) is 0 Å². The number of esters is 1. The maximum absolute atomic E-state index is 12.8. The zero-order chi connectivity index (χ0) is 24.1. The van der Waals surface area contributed by atoms with Gasteiger partial charge in [-0.2, -0.15) is 5.26 Å². The maximum atomic E-state index is 12.8. The number of hydrogen-bond donors (Lipinski definition) is 1. The van der Waals surface area contributed by atoms with Crippen LogP contribution in [0.1, 0.15) is 45.4 Å². The molecule has 0 saturated carbocycles. The summed E-state index contributed by atoms with van der Waals surface area (Å²) < 4.78 is 7.05. The predicted octanol–water partition coefficient (Wildman–Crippen LogP) is 5.43. The Hall–Kier alpha value is -4.11. The van der Waals surface area contributed by atoms with Crippen LogP contribution in [0.3, 0.4) is 0 Å². The number of carbonyl (C=O) groups excluding carboxylic acids is 2. The number of nitrogens with one attached hydrogen (secondary N) is 1. The Labute approximate surface area is 194 Å². The van der Waals surface area contributed by atoms with Gasteiger partial charge in [-0.15, -0.1) is 0 Å². The van der Waals surface area contributed by atoms with E-state index in [1.807, 2.05) is 74.7 Å². The average molecular weight is 442 g/mol. The van der Waals surface area contributed by atoms with Crippen LogP contribution in [0.2, 0.25) is 0 Å². The highest BCUT2D eigenvalue weighted by Crippen LogP contribution is 2.24. The molecule has 0 aliphatic carbocycles. The van der Waals surface area contributed by atoms with E-state index in [0.29, 0.717) is 17.9 Å². The molecule has 3 rings (SSSR count). The third-order valence-electron chi connectivity index (χ3n) is 5.40. The van der Waals surface area contributed by atoms with E-state index in [-0.39, 0.29) is 11.5 Å². The van der Waals surface area contributed by atoms with Crippen LogP contribution < -0.4 is 5.32 Å². The number of nitrogens with zero attached hydrogens (tertiary/aromatic N) is 2. The summed E-state index contributed by atoms with van der Waals surface area (Å²) in [4.78, 5) is 24.7. The summed E-state index contributed by atoms with van der Waals surface area (Å²) in [6.07, 6.45) is 1.60. The first-order valence-electron chi connectivity index (χ1n) is 10.7. The molecule has 3 aromatic rings. The quantitative estimate of drug-likeness (QED) is 0.314. The number of rotatable bonds is 6. The molecule has 168 valence electrons. The van der Waals surface area contributed by atoms with Gasteiger partial charge in [0.15, 0.2) is 0 Å². The van der Waals surface area contributed by atoms with E-state index >= 15 is 0 Å². The van der Waals surface area contributed by atoms with Gasteiger partial charge in [-0.3, -0.25) is 4.79 Å². The number of ether oxygens (including phenoxy) is 1. The summed E-state index contributed by atoms with van der Waals surface area (Å²) >= 11 is 0. The lowest BCUT2D eigenvalue weighted by Crippen LogP contribution is -2.14. The van der Waals surface area contributed by atoms with E-state index in [9.17, 15) is 14.9 Å². The number of aromatic nitrogens is 1. The number of carbonyl (C=O) groups is 2. The molecule has 0 atom stereocenters. The van der Waals surface area contributed by atoms with Crippen molar-refractivity contribution < 1.29 is 14.3 Å². The molecule has 0 saturated heterocycles. The van der Waals surface area contributed by atoms with Crippen LogP contribution >= 0.6 is 0 Å². The maximum Gasteiger partial charge on any atom is 0.338 e. The molecule has 0 fully saturated rings. The molecule has 0 radical (unpaired) electrons. The molecule has 2 aromatic carbocycles. The fourth-order valence-electron chi connectivity index (χ4n) is 3.74. The fourth-order valence-corrected chi connectivity index (χ4v) is 3.74. The molecular weight excluding hydrogens is 414 g/mol. The largest absolute Gasteiger partial charge is 0.462 e. The Morgan fingerprint density at radius 3 is 2.36 bits per heavy atom. The van der Waals surface area contributed by atoms with Crippen molar-refractivity contribution in [1.29, 1.82) is 5.26 Å². The monoisotopic (exact) mass is 441 g/mol. The van der Waals surface area contributed by atoms with Crippen molar-refractivity contribution in [2.75, 3.05) is 11.9 Å². The smallest absolute Gasteiger partial charge is 0.338 e. The number of amides is 1. The van der Waals surface area contributed by atoms with Crippen LogP contribution in [-0.2, 0) is 9.53 Å². The minimum Gasteiger partial charge on any atom is -0.462 e. The van der Waals surface area contributed by atoms with E-state index in [1.54, 1.807) is 25.1 Å². The molecular formula is C27H27N3O3. The van der Waals surface area contributed by atoms with Gasteiger partial charge in [0, 0.05) is 22.8 Å². The number of benzene rings is 2. The summed E-state index contributed by atoms with van der Waals surface area (Å²) in [5.41, 5.74) is 6.68. The molecule has 1 heterocycles. The number of nitriles is 1. The zero-order valence-electron chi connectivity index (χ0n) is 19.5. The molecule has 1 aromatic heterocycles. The first-order chi connectivity index (χ1) is 15.7. The Morgan fingerprint density at radius 2 is 1.76 bits per heavy atom. The van der Waals surface area contributed by atoms with Crippen LogP contribution in [0.5, 0.6) is 0 Å². The van der Waals surface area contributed by atoms with Crippen LogP contribution in [0.4, 0.5) is 5.69 Å². The summed E-state index contributed by atoms with van der Waals surface area (Å²) in [5, 5.41) is 12.5. The normalized spacial score (nSPS) is 11.1. The van der Waals surface area contributed by atoms with E-state index in [2.05, 4.69) is 5.32 Å². The van der Waals surface area contributed by atoms with E-state index < -0.39 is 5.91 Å². The zero-order valence-corrected chi connectivity index (χ0v) is 19.5. The van der Waals surface area contributed by atoms with Crippen LogP contribution in [0, 0.1) is 39.0 Å². The number of anilines is 1. The molecule has 0 bridgehead atoms. The first-order valence-corrected chi connectivity index (χ1v) is 10.7. The minimum absolute atomic E-state index is 0.0212. The van der Waals surface area contributed by atoms with Crippen molar-refractivity contribution in [3.8, 4) is 11.8 Å². The molecule has 1 amide bonds. The van der Waals surface area contributed by atoms with Gasteiger partial charge in [0.1, 0.15) is 11.6 Å². The highest BCUT2D eigenvalue weighted by atomic mass is 16.5. The van der Waals surface area contributed by atoms with Gasteiger partial charge in [0.25, 0.3) is 5.91 Å². The summed E-state index contributed by atoms with van der Waals surface area (Å²) in [6, 6.07) is 16.8. The van der Waals surface area contributed by atoms with Crippen molar-refractivity contribution in [1.82, 2.24) is 4.57 Å². The van der Waals surface area contributed by atoms with E-state index in [4.69, 9.17) is 4.74 Å². The third kappa shape index (κ3) is 5.21. The van der Waals surface area contributed by atoms with Crippen molar-refractivity contribution in [3.63, 3.8) is 0 Å². The Balaban J connectivity index is 1.89. The van der Waals surface area contributed by atoms with Gasteiger partial charge >= 0.3 is 5.97 Å². The lowest BCUT2D eigenvalue weighted by Gasteiger charge is -2.11. The third-order valence-corrected chi connectivity index (χ3v) is 5.40.